The maximum absolute atomic E-state index is 16.0. The van der Waals surface area contributed by atoms with Gasteiger partial charge in [0, 0.05) is 24.4 Å². The van der Waals surface area contributed by atoms with Gasteiger partial charge in [-0.2, -0.15) is 13.2 Å². The molecule has 1 saturated carbocycles. The average molecular weight is 672 g/mol. The van der Waals surface area contributed by atoms with Gasteiger partial charge < -0.3 is 19.5 Å². The third-order valence-corrected chi connectivity index (χ3v) is 8.81. The number of aromatic nitrogens is 1. The van der Waals surface area contributed by atoms with E-state index in [0.29, 0.717) is 17.2 Å². The Morgan fingerprint density at radius 3 is 2.23 bits per heavy atom. The number of rotatable bonds is 13. The van der Waals surface area contributed by atoms with E-state index < -0.39 is 53.5 Å². The predicted molar refractivity (Wildman–Crippen MR) is 177 cm³/mol. The molecule has 1 amide bonds. The molecule has 1 aromatic heterocycles. The molecule has 1 heterocycles. The van der Waals surface area contributed by atoms with Crippen LogP contribution in [-0.4, -0.2) is 48.6 Å². The van der Waals surface area contributed by atoms with Gasteiger partial charge in [-0.3, -0.25) is 14.4 Å². The highest BCUT2D eigenvalue weighted by Gasteiger charge is 2.37. The molecule has 0 radical (unpaired) electrons. The lowest BCUT2D eigenvalue weighted by Gasteiger charge is -2.26. The number of esters is 1. The predicted octanol–water partition coefficient (Wildman–Crippen LogP) is 7.16. The molecule has 48 heavy (non-hydrogen) atoms. The number of alkyl halides is 3. The Morgan fingerprint density at radius 1 is 1.02 bits per heavy atom. The molecule has 1 fully saturated rings. The zero-order valence-electron chi connectivity index (χ0n) is 28.7. The standard InChI is InChI=1S/C37H45F4N3O4/c1-8-48-33(46)19-30(28-17-27(15-24(5)35(28)38)34-22(3)13-21(2)14-23(34)4)42-36(47)31(16-25-9-10-25)44-20-26(11-12-43(6)7)29(18-32(44)45)37(39,40)41/h13-15,17-18,20,25,30-31H,8-12,16,19H2,1-7H3,(H,42,47)/t30-,31?/m0/s1. The van der Waals surface area contributed by atoms with Gasteiger partial charge in [-0.25, -0.2) is 4.39 Å². The minimum Gasteiger partial charge on any atom is -0.466 e. The molecule has 4 rings (SSSR count). The Bertz CT molecular complexity index is 1700. The highest BCUT2D eigenvalue weighted by Crippen LogP contribution is 2.39. The van der Waals surface area contributed by atoms with Crippen LogP contribution in [0.2, 0.25) is 0 Å². The van der Waals surface area contributed by atoms with Crippen LogP contribution in [0.15, 0.2) is 41.3 Å². The number of amides is 1. The zero-order valence-corrected chi connectivity index (χ0v) is 28.7. The van der Waals surface area contributed by atoms with Gasteiger partial charge >= 0.3 is 12.1 Å². The fourth-order valence-corrected chi connectivity index (χ4v) is 6.38. The first-order valence-corrected chi connectivity index (χ1v) is 16.3. The molecule has 0 aliphatic heterocycles. The highest BCUT2D eigenvalue weighted by molar-refractivity contribution is 5.82. The molecule has 7 nitrogen and oxygen atoms in total. The maximum atomic E-state index is 16.0. The van der Waals surface area contributed by atoms with E-state index in [2.05, 4.69) is 5.32 Å². The summed E-state index contributed by atoms with van der Waals surface area (Å²) >= 11 is 0. The second-order valence-corrected chi connectivity index (χ2v) is 13.2. The largest absolute Gasteiger partial charge is 0.466 e. The monoisotopic (exact) mass is 671 g/mol. The summed E-state index contributed by atoms with van der Waals surface area (Å²) in [6, 6.07) is 5.58. The van der Waals surface area contributed by atoms with Crippen LogP contribution in [0.3, 0.4) is 0 Å². The Balaban J connectivity index is 1.81. The van der Waals surface area contributed by atoms with Crippen molar-refractivity contribution in [3.63, 3.8) is 0 Å². The molecule has 1 unspecified atom stereocenters. The normalized spacial score (nSPS) is 14.6. The van der Waals surface area contributed by atoms with Crippen LogP contribution in [0.4, 0.5) is 17.6 Å². The van der Waals surface area contributed by atoms with Crippen molar-refractivity contribution in [1.29, 1.82) is 0 Å². The smallest absolute Gasteiger partial charge is 0.416 e. The van der Waals surface area contributed by atoms with Crippen molar-refractivity contribution >= 4 is 11.9 Å². The van der Waals surface area contributed by atoms with Crippen molar-refractivity contribution in [3.05, 3.63) is 91.6 Å². The fraction of sp³-hybridized carbons (Fsp3) is 0.486. The molecule has 1 aliphatic rings. The first kappa shape index (κ1) is 36.8. The molecule has 1 N–H and O–H groups in total. The third-order valence-electron chi connectivity index (χ3n) is 8.81. The van der Waals surface area contributed by atoms with Gasteiger partial charge in [0.05, 0.1) is 24.6 Å². The number of likely N-dealkylation sites (N-methyl/N-ethyl adjacent to an activating group) is 1. The molecule has 3 aromatic rings. The number of hydrogen-bond acceptors (Lipinski definition) is 5. The van der Waals surface area contributed by atoms with Gasteiger partial charge in [0.1, 0.15) is 11.9 Å². The molecule has 0 saturated heterocycles. The molecule has 2 atom stereocenters. The van der Waals surface area contributed by atoms with E-state index in [1.165, 1.54) is 0 Å². The van der Waals surface area contributed by atoms with Crippen molar-refractivity contribution in [2.75, 3.05) is 27.2 Å². The van der Waals surface area contributed by atoms with Gasteiger partial charge in [0.25, 0.3) is 5.56 Å². The summed E-state index contributed by atoms with van der Waals surface area (Å²) in [6.07, 6.45) is -2.19. The Morgan fingerprint density at radius 2 is 1.67 bits per heavy atom. The van der Waals surface area contributed by atoms with Crippen LogP contribution >= 0.6 is 0 Å². The van der Waals surface area contributed by atoms with Crippen molar-refractivity contribution in [2.24, 2.45) is 5.92 Å². The number of nitrogens with zero attached hydrogens (tertiary/aromatic N) is 2. The van der Waals surface area contributed by atoms with E-state index in [1.807, 2.05) is 32.9 Å². The topological polar surface area (TPSA) is 80.6 Å². The van der Waals surface area contributed by atoms with Crippen LogP contribution in [0.5, 0.6) is 0 Å². The second-order valence-electron chi connectivity index (χ2n) is 13.2. The zero-order chi connectivity index (χ0) is 35.5. The van der Waals surface area contributed by atoms with E-state index in [4.69, 9.17) is 4.74 Å². The lowest BCUT2D eigenvalue weighted by molar-refractivity contribution is -0.144. The summed E-state index contributed by atoms with van der Waals surface area (Å²) < 4.78 is 64.2. The quantitative estimate of drug-likeness (QED) is 0.154. The molecule has 0 bridgehead atoms. The van der Waals surface area contributed by atoms with Gasteiger partial charge in [0.15, 0.2) is 0 Å². The van der Waals surface area contributed by atoms with Gasteiger partial charge in [-0.15, -0.1) is 0 Å². The van der Waals surface area contributed by atoms with E-state index in [-0.39, 0.29) is 43.0 Å². The number of pyridine rings is 1. The number of benzene rings is 2. The molecule has 1 aliphatic carbocycles. The van der Waals surface area contributed by atoms with Crippen molar-refractivity contribution in [3.8, 4) is 11.1 Å². The van der Waals surface area contributed by atoms with Crippen molar-refractivity contribution < 1.29 is 31.9 Å². The Hall–Kier alpha value is -3.99. The van der Waals surface area contributed by atoms with Gasteiger partial charge in [-0.1, -0.05) is 30.5 Å². The number of ether oxygens (including phenoxy) is 1. The van der Waals surface area contributed by atoms with E-state index in [0.717, 1.165) is 45.9 Å². The number of aryl methyl sites for hydroxylation is 4. The van der Waals surface area contributed by atoms with Crippen LogP contribution in [0, 0.1) is 39.4 Å². The first-order valence-electron chi connectivity index (χ1n) is 16.3. The van der Waals surface area contributed by atoms with E-state index in [1.54, 1.807) is 45.0 Å². The van der Waals surface area contributed by atoms with Crippen LogP contribution in [0.1, 0.15) is 83.6 Å². The number of carbonyl (C=O) groups excluding carboxylic acids is 2. The number of nitrogens with one attached hydrogen (secondary N) is 1. The van der Waals surface area contributed by atoms with Crippen LogP contribution in [-0.2, 0) is 26.9 Å². The second kappa shape index (κ2) is 15.1. The molecule has 260 valence electrons. The number of hydrogen-bond donors (Lipinski definition) is 1. The van der Waals surface area contributed by atoms with Crippen molar-refractivity contribution in [1.82, 2.24) is 14.8 Å². The fourth-order valence-electron chi connectivity index (χ4n) is 6.38. The van der Waals surface area contributed by atoms with E-state index in [9.17, 15) is 27.6 Å². The third kappa shape index (κ3) is 8.92. The summed E-state index contributed by atoms with van der Waals surface area (Å²) in [4.78, 5) is 42.0. The van der Waals surface area contributed by atoms with Crippen LogP contribution < -0.4 is 10.9 Å². The molecular weight excluding hydrogens is 626 g/mol. The lowest BCUT2D eigenvalue weighted by atomic mass is 9.89. The lowest BCUT2D eigenvalue weighted by Crippen LogP contribution is -2.40. The Kier molecular flexibility index (Phi) is 11.6. The van der Waals surface area contributed by atoms with Crippen LogP contribution in [0.25, 0.3) is 11.1 Å². The summed E-state index contributed by atoms with van der Waals surface area (Å²) in [5.41, 5.74) is 2.92. The van der Waals surface area contributed by atoms with Crippen molar-refractivity contribution in [2.45, 2.75) is 85.0 Å². The number of halogens is 4. The van der Waals surface area contributed by atoms with Gasteiger partial charge in [-0.05, 0) is 113 Å². The summed E-state index contributed by atoms with van der Waals surface area (Å²) in [6.45, 7) is 9.52. The minimum absolute atomic E-state index is 0.000495. The number of carbonyl (C=O) groups is 2. The molecule has 11 heteroatoms. The molecule has 0 spiro atoms. The summed E-state index contributed by atoms with van der Waals surface area (Å²) in [5, 5.41) is 2.81. The molecule has 2 aromatic carbocycles. The summed E-state index contributed by atoms with van der Waals surface area (Å²) in [5.74, 6) is -1.86. The minimum atomic E-state index is -4.76. The highest BCUT2D eigenvalue weighted by atomic mass is 19.4. The Labute approximate surface area is 279 Å². The SMILES string of the molecule is CCOC(=O)C[C@H](NC(=O)C(CC1CC1)n1cc(CCN(C)C)c(C(F)(F)F)cc1=O)c1cc(-c2c(C)cc(C)cc2C)cc(C)c1F. The van der Waals surface area contributed by atoms with E-state index >= 15 is 4.39 Å². The first-order chi connectivity index (χ1) is 22.5. The summed E-state index contributed by atoms with van der Waals surface area (Å²) in [7, 11) is 3.46. The maximum Gasteiger partial charge on any atom is 0.416 e. The van der Waals surface area contributed by atoms with Gasteiger partial charge in [0.2, 0.25) is 5.91 Å². The average Bonchev–Trinajstić information content (AvgIpc) is 3.80. The molecular formula is C37H45F4N3O4.